The molecule has 150 valence electrons. The number of sulfonamides is 1. The number of anilines is 1. The van der Waals surface area contributed by atoms with Crippen molar-refractivity contribution in [1.82, 2.24) is 4.31 Å². The quantitative estimate of drug-likeness (QED) is 0.734. The summed E-state index contributed by atoms with van der Waals surface area (Å²) in [4.78, 5) is 13.8. The molecular weight excluding hydrogens is 392 g/mol. The van der Waals surface area contributed by atoms with Crippen molar-refractivity contribution in [2.45, 2.75) is 30.1 Å². The number of thioether (sulfide) groups is 1. The van der Waals surface area contributed by atoms with Crippen LogP contribution in [0.1, 0.15) is 30.6 Å². The summed E-state index contributed by atoms with van der Waals surface area (Å²) in [6.07, 6.45) is 3.00. The van der Waals surface area contributed by atoms with E-state index in [1.54, 1.807) is 28.2 Å². The monoisotopic (exact) mass is 418 g/mol. The molecule has 1 aliphatic heterocycles. The van der Waals surface area contributed by atoms with Gasteiger partial charge in [-0.1, -0.05) is 26.0 Å². The van der Waals surface area contributed by atoms with Crippen LogP contribution in [0.3, 0.4) is 0 Å². The Kier molecular flexibility index (Phi) is 6.47. The van der Waals surface area contributed by atoms with E-state index in [4.69, 9.17) is 0 Å². The van der Waals surface area contributed by atoms with E-state index in [1.807, 2.05) is 30.5 Å². The van der Waals surface area contributed by atoms with Crippen LogP contribution < -0.4 is 5.32 Å². The van der Waals surface area contributed by atoms with Gasteiger partial charge in [0.05, 0.1) is 10.6 Å². The second-order valence-corrected chi connectivity index (χ2v) is 10.2. The molecule has 5 nitrogen and oxygen atoms in total. The number of carbonyl (C=O) groups excluding carboxylic acids is 1. The van der Waals surface area contributed by atoms with Crippen LogP contribution in [0.2, 0.25) is 0 Å². The van der Waals surface area contributed by atoms with Gasteiger partial charge in [0.25, 0.3) is 5.91 Å². The Morgan fingerprint density at radius 2 is 1.64 bits per heavy atom. The van der Waals surface area contributed by atoms with Crippen molar-refractivity contribution in [2.75, 3.05) is 24.7 Å². The van der Waals surface area contributed by atoms with Crippen molar-refractivity contribution in [3.8, 4) is 0 Å². The van der Waals surface area contributed by atoms with Gasteiger partial charge < -0.3 is 5.32 Å². The summed E-state index contributed by atoms with van der Waals surface area (Å²) >= 11 is 1.55. The molecule has 1 fully saturated rings. The number of rotatable bonds is 5. The van der Waals surface area contributed by atoms with Gasteiger partial charge in [-0.3, -0.25) is 4.79 Å². The van der Waals surface area contributed by atoms with Gasteiger partial charge in [0, 0.05) is 23.5 Å². The summed E-state index contributed by atoms with van der Waals surface area (Å²) in [6.45, 7) is 5.25. The molecule has 3 rings (SSSR count). The van der Waals surface area contributed by atoms with Crippen molar-refractivity contribution >= 4 is 33.4 Å². The molecule has 0 radical (unpaired) electrons. The zero-order valence-corrected chi connectivity index (χ0v) is 18.0. The Bertz CT molecular complexity index is 932. The number of nitrogens with one attached hydrogen (secondary N) is 1. The number of amides is 1. The molecule has 1 amide bonds. The van der Waals surface area contributed by atoms with Crippen LogP contribution in [-0.4, -0.2) is 38.0 Å². The maximum absolute atomic E-state index is 13.0. The fourth-order valence-corrected chi connectivity index (χ4v) is 5.91. The summed E-state index contributed by atoms with van der Waals surface area (Å²) in [7, 11) is -3.54. The molecule has 0 spiro atoms. The fourth-order valence-electron chi connectivity index (χ4n) is 3.67. The first-order valence-corrected chi connectivity index (χ1v) is 12.0. The van der Waals surface area contributed by atoms with Crippen molar-refractivity contribution < 1.29 is 13.2 Å². The molecule has 0 aromatic heterocycles. The maximum Gasteiger partial charge on any atom is 0.255 e. The number of benzene rings is 2. The summed E-state index contributed by atoms with van der Waals surface area (Å²) in [6, 6.07) is 13.8. The van der Waals surface area contributed by atoms with Gasteiger partial charge in [-0.25, -0.2) is 8.42 Å². The van der Waals surface area contributed by atoms with E-state index in [9.17, 15) is 13.2 Å². The topological polar surface area (TPSA) is 66.5 Å². The van der Waals surface area contributed by atoms with Crippen molar-refractivity contribution in [1.29, 1.82) is 0 Å². The summed E-state index contributed by atoms with van der Waals surface area (Å²) < 4.78 is 27.5. The highest BCUT2D eigenvalue weighted by atomic mass is 32.2. The first kappa shape index (κ1) is 20.9. The minimum Gasteiger partial charge on any atom is -0.321 e. The highest BCUT2D eigenvalue weighted by Gasteiger charge is 2.31. The van der Waals surface area contributed by atoms with E-state index in [0.29, 0.717) is 30.5 Å². The third kappa shape index (κ3) is 4.59. The highest BCUT2D eigenvalue weighted by Crippen LogP contribution is 2.27. The summed E-state index contributed by atoms with van der Waals surface area (Å²) in [5.41, 5.74) is 1.17. The minimum atomic E-state index is -3.54. The van der Waals surface area contributed by atoms with Crippen molar-refractivity contribution in [3.05, 3.63) is 54.1 Å². The highest BCUT2D eigenvalue weighted by molar-refractivity contribution is 7.98. The zero-order valence-electron chi connectivity index (χ0n) is 16.4. The standard InChI is InChI=1S/C21H26N2O3S2/c1-15-12-16(2)14-23(13-15)28(25,26)18-10-8-17(9-11-18)21(24)22-19-6-4-5-7-20(19)27-3/h4-11,15-16H,12-14H2,1-3H3,(H,22,24). The zero-order chi connectivity index (χ0) is 20.3. The van der Waals surface area contributed by atoms with E-state index in [2.05, 4.69) is 19.2 Å². The molecule has 0 bridgehead atoms. The van der Waals surface area contributed by atoms with E-state index >= 15 is 0 Å². The lowest BCUT2D eigenvalue weighted by Gasteiger charge is -2.34. The first-order valence-electron chi connectivity index (χ1n) is 9.36. The maximum atomic E-state index is 13.0. The molecule has 2 aromatic rings. The fraction of sp³-hybridized carbons (Fsp3) is 0.381. The molecule has 0 saturated carbocycles. The van der Waals surface area contributed by atoms with Crippen LogP contribution in [0.5, 0.6) is 0 Å². The van der Waals surface area contributed by atoms with Gasteiger partial charge >= 0.3 is 0 Å². The molecule has 1 saturated heterocycles. The molecule has 2 atom stereocenters. The van der Waals surface area contributed by atoms with Crippen LogP contribution in [0.15, 0.2) is 58.3 Å². The van der Waals surface area contributed by atoms with Gasteiger partial charge in [0.2, 0.25) is 10.0 Å². The molecule has 1 aliphatic rings. The number of para-hydroxylation sites is 1. The average Bonchev–Trinajstić information content (AvgIpc) is 2.67. The van der Waals surface area contributed by atoms with Crippen LogP contribution in [0.4, 0.5) is 5.69 Å². The van der Waals surface area contributed by atoms with Gasteiger partial charge in [0.1, 0.15) is 0 Å². The third-order valence-corrected chi connectivity index (χ3v) is 7.59. The number of carbonyl (C=O) groups is 1. The number of hydrogen-bond acceptors (Lipinski definition) is 4. The first-order chi connectivity index (χ1) is 13.3. The Morgan fingerprint density at radius 1 is 1.04 bits per heavy atom. The molecule has 0 aliphatic carbocycles. The Balaban J connectivity index is 1.76. The lowest BCUT2D eigenvalue weighted by Crippen LogP contribution is -2.42. The molecule has 2 unspecified atom stereocenters. The number of nitrogens with zero attached hydrogens (tertiary/aromatic N) is 1. The smallest absolute Gasteiger partial charge is 0.255 e. The normalized spacial score (nSPS) is 20.7. The molecule has 1 heterocycles. The Hall–Kier alpha value is -1.83. The van der Waals surface area contributed by atoms with E-state index in [1.165, 1.54) is 12.1 Å². The summed E-state index contributed by atoms with van der Waals surface area (Å²) in [5.74, 6) is 0.436. The SMILES string of the molecule is CSc1ccccc1NC(=O)c1ccc(S(=O)(=O)N2CC(C)CC(C)C2)cc1. The van der Waals surface area contributed by atoms with Crippen LogP contribution in [-0.2, 0) is 10.0 Å². The molecule has 28 heavy (non-hydrogen) atoms. The van der Waals surface area contributed by atoms with Crippen LogP contribution in [0.25, 0.3) is 0 Å². The number of piperidine rings is 1. The van der Waals surface area contributed by atoms with Crippen molar-refractivity contribution in [2.24, 2.45) is 11.8 Å². The van der Waals surface area contributed by atoms with Gasteiger partial charge in [-0.15, -0.1) is 11.8 Å². The van der Waals surface area contributed by atoms with Gasteiger partial charge in [0.15, 0.2) is 0 Å². The van der Waals surface area contributed by atoms with E-state index < -0.39 is 10.0 Å². The predicted molar refractivity (Wildman–Crippen MR) is 114 cm³/mol. The van der Waals surface area contributed by atoms with Crippen LogP contribution in [0, 0.1) is 11.8 Å². The second kappa shape index (κ2) is 8.68. The Morgan fingerprint density at radius 3 is 2.25 bits per heavy atom. The Labute approximate surface area is 171 Å². The third-order valence-electron chi connectivity index (χ3n) is 4.94. The van der Waals surface area contributed by atoms with Crippen molar-refractivity contribution in [3.63, 3.8) is 0 Å². The predicted octanol–water partition coefficient (Wildman–Crippen LogP) is 4.33. The van der Waals surface area contributed by atoms with E-state index in [-0.39, 0.29) is 10.8 Å². The largest absolute Gasteiger partial charge is 0.321 e. The number of hydrogen-bond donors (Lipinski definition) is 1. The molecule has 2 aromatic carbocycles. The van der Waals surface area contributed by atoms with Gasteiger partial charge in [-0.2, -0.15) is 4.31 Å². The summed E-state index contributed by atoms with van der Waals surface area (Å²) in [5, 5.41) is 2.89. The lowest BCUT2D eigenvalue weighted by atomic mass is 9.94. The molecular formula is C21H26N2O3S2. The second-order valence-electron chi connectivity index (χ2n) is 7.45. The minimum absolute atomic E-state index is 0.231. The lowest BCUT2D eigenvalue weighted by molar-refractivity contribution is 0.102. The molecule has 1 N–H and O–H groups in total. The molecule has 7 heteroatoms. The van der Waals surface area contributed by atoms with Gasteiger partial charge in [-0.05, 0) is 60.9 Å². The van der Waals surface area contributed by atoms with Crippen LogP contribution >= 0.6 is 11.8 Å². The average molecular weight is 419 g/mol. The van der Waals surface area contributed by atoms with E-state index in [0.717, 1.165) is 17.0 Å².